The van der Waals surface area contributed by atoms with Gasteiger partial charge in [-0.3, -0.25) is 4.79 Å². The van der Waals surface area contributed by atoms with E-state index >= 15 is 0 Å². The summed E-state index contributed by atoms with van der Waals surface area (Å²) in [4.78, 5) is 26.0. The van der Waals surface area contributed by atoms with E-state index in [0.29, 0.717) is 11.4 Å². The van der Waals surface area contributed by atoms with Crippen molar-refractivity contribution in [1.29, 1.82) is 0 Å². The fraction of sp³-hybridized carbons (Fsp3) is 0.238. The van der Waals surface area contributed by atoms with E-state index in [9.17, 15) is 18.4 Å². The van der Waals surface area contributed by atoms with Crippen LogP contribution >= 0.6 is 0 Å². The molecule has 7 nitrogen and oxygen atoms in total. The molecule has 156 valence electrons. The maximum Gasteiger partial charge on any atom is 0.361 e. The van der Waals surface area contributed by atoms with Gasteiger partial charge in [0.2, 0.25) is 0 Å². The van der Waals surface area contributed by atoms with Crippen LogP contribution in [-0.4, -0.2) is 33.0 Å². The Morgan fingerprint density at radius 1 is 1.07 bits per heavy atom. The second-order valence-corrected chi connectivity index (χ2v) is 6.85. The van der Waals surface area contributed by atoms with Gasteiger partial charge >= 0.3 is 5.97 Å². The van der Waals surface area contributed by atoms with Gasteiger partial charge in [-0.15, -0.1) is 5.10 Å². The molecule has 2 aromatic carbocycles. The van der Waals surface area contributed by atoms with Crippen LogP contribution < -0.4 is 5.32 Å². The van der Waals surface area contributed by atoms with Crippen LogP contribution in [0.4, 0.5) is 14.5 Å². The molecule has 0 unspecified atom stereocenters. The first-order valence-electron chi connectivity index (χ1n) is 9.14. The van der Waals surface area contributed by atoms with Crippen molar-refractivity contribution in [2.45, 2.75) is 33.8 Å². The highest BCUT2D eigenvalue weighted by Crippen LogP contribution is 2.19. The number of anilines is 1. The molecule has 0 aliphatic heterocycles. The Kier molecular flexibility index (Phi) is 5.91. The topological polar surface area (TPSA) is 86.1 Å². The zero-order valence-corrected chi connectivity index (χ0v) is 16.9. The number of esters is 1. The minimum Gasteiger partial charge on any atom is -0.448 e. The van der Waals surface area contributed by atoms with Gasteiger partial charge in [-0.2, -0.15) is 9.90 Å². The van der Waals surface area contributed by atoms with Gasteiger partial charge < -0.3 is 10.1 Å². The number of benzene rings is 2. The zero-order valence-electron chi connectivity index (χ0n) is 16.9. The number of halogens is 2. The summed E-state index contributed by atoms with van der Waals surface area (Å²) in [7, 11) is 0. The first kappa shape index (κ1) is 21.1. The lowest BCUT2D eigenvalue weighted by Gasteiger charge is -2.13. The number of nitrogens with one attached hydrogen (secondary N) is 1. The lowest BCUT2D eigenvalue weighted by molar-refractivity contribution is -0.123. The molecule has 0 spiro atoms. The fourth-order valence-corrected chi connectivity index (χ4v) is 2.82. The van der Waals surface area contributed by atoms with E-state index < -0.39 is 35.3 Å². The van der Waals surface area contributed by atoms with Gasteiger partial charge in [0.05, 0.1) is 11.4 Å². The number of ether oxygens (including phenoxy) is 1. The number of carbonyl (C=O) groups excluding carboxylic acids is 2. The third-order valence-electron chi connectivity index (χ3n) is 4.41. The number of rotatable bonds is 5. The summed E-state index contributed by atoms with van der Waals surface area (Å²) < 4.78 is 32.5. The van der Waals surface area contributed by atoms with Crippen LogP contribution in [0.5, 0.6) is 0 Å². The summed E-state index contributed by atoms with van der Waals surface area (Å²) in [6.07, 6.45) is -1.32. The normalized spacial score (nSPS) is 11.8. The maximum atomic E-state index is 13.7. The standard InChI is InChI=1S/C21H20F2N4O3/c1-11-8-9-17(12(2)10-11)27-25-13(3)18(26-27)21(29)30-14(4)20(28)24-19-15(22)6-5-7-16(19)23/h5-10,14H,1-4H3,(H,24,28)/t14-/m0/s1. The SMILES string of the molecule is Cc1ccc(-n2nc(C)c(C(=O)O[C@@H](C)C(=O)Nc3c(F)cccc3F)n2)c(C)c1. The second kappa shape index (κ2) is 8.40. The molecule has 1 N–H and O–H groups in total. The van der Waals surface area contributed by atoms with E-state index in [1.807, 2.05) is 32.0 Å². The maximum absolute atomic E-state index is 13.7. The van der Waals surface area contributed by atoms with Gasteiger partial charge in [0.25, 0.3) is 5.91 Å². The molecule has 0 fully saturated rings. The van der Waals surface area contributed by atoms with E-state index in [2.05, 4.69) is 15.5 Å². The van der Waals surface area contributed by atoms with Gasteiger partial charge in [-0.25, -0.2) is 13.6 Å². The Balaban J connectivity index is 1.74. The molecule has 0 radical (unpaired) electrons. The molecule has 3 aromatic rings. The molecule has 0 saturated heterocycles. The molecule has 1 amide bonds. The molecule has 1 heterocycles. The number of hydrogen-bond acceptors (Lipinski definition) is 5. The molecule has 9 heteroatoms. The molecule has 0 aliphatic rings. The second-order valence-electron chi connectivity index (χ2n) is 6.85. The van der Waals surface area contributed by atoms with E-state index in [0.717, 1.165) is 23.3 Å². The Hall–Kier alpha value is -3.62. The molecular weight excluding hydrogens is 394 g/mol. The largest absolute Gasteiger partial charge is 0.448 e. The van der Waals surface area contributed by atoms with Gasteiger partial charge in [0.15, 0.2) is 11.8 Å². The quantitative estimate of drug-likeness (QED) is 0.644. The highest BCUT2D eigenvalue weighted by atomic mass is 19.1. The summed E-state index contributed by atoms with van der Waals surface area (Å²) in [5.74, 6) is -3.63. The predicted molar refractivity (Wildman–Crippen MR) is 105 cm³/mol. The Morgan fingerprint density at radius 2 is 1.73 bits per heavy atom. The number of aromatic nitrogens is 3. The van der Waals surface area contributed by atoms with Crippen LogP contribution in [0.25, 0.3) is 5.69 Å². The van der Waals surface area contributed by atoms with E-state index in [4.69, 9.17) is 4.74 Å². The van der Waals surface area contributed by atoms with Crippen molar-refractivity contribution in [3.8, 4) is 5.69 Å². The summed E-state index contributed by atoms with van der Waals surface area (Å²) in [5.41, 5.74) is 2.33. The van der Waals surface area contributed by atoms with Crippen LogP contribution in [-0.2, 0) is 9.53 Å². The minimum atomic E-state index is -1.32. The van der Waals surface area contributed by atoms with Crippen LogP contribution in [0.3, 0.4) is 0 Å². The monoisotopic (exact) mass is 414 g/mol. The first-order chi connectivity index (χ1) is 14.2. The third kappa shape index (κ3) is 4.35. The number of aryl methyl sites for hydroxylation is 3. The summed E-state index contributed by atoms with van der Waals surface area (Å²) >= 11 is 0. The van der Waals surface area contributed by atoms with Crippen LogP contribution in [0.15, 0.2) is 36.4 Å². The van der Waals surface area contributed by atoms with Crippen molar-refractivity contribution in [3.63, 3.8) is 0 Å². The molecule has 0 saturated carbocycles. The third-order valence-corrected chi connectivity index (χ3v) is 4.41. The number of hydrogen-bond donors (Lipinski definition) is 1. The molecule has 0 aliphatic carbocycles. The Bertz CT molecular complexity index is 1110. The van der Waals surface area contributed by atoms with Crippen LogP contribution in [0.1, 0.15) is 34.2 Å². The van der Waals surface area contributed by atoms with Gasteiger partial charge in [-0.1, -0.05) is 23.8 Å². The summed E-state index contributed by atoms with van der Waals surface area (Å²) in [5, 5.41) is 10.5. The van der Waals surface area contributed by atoms with Gasteiger partial charge in [0, 0.05) is 0 Å². The Labute approximate surface area is 171 Å². The van der Waals surface area contributed by atoms with Crippen molar-refractivity contribution in [1.82, 2.24) is 15.0 Å². The highest BCUT2D eigenvalue weighted by Gasteiger charge is 2.25. The predicted octanol–water partition coefficient (Wildman–Crippen LogP) is 3.65. The molecular formula is C21H20F2N4O3. The zero-order chi connectivity index (χ0) is 22.0. The van der Waals surface area contributed by atoms with Crippen LogP contribution in [0.2, 0.25) is 0 Å². The molecule has 0 bridgehead atoms. The minimum absolute atomic E-state index is 0.0632. The average molecular weight is 414 g/mol. The van der Waals surface area contributed by atoms with Crippen molar-refractivity contribution in [2.24, 2.45) is 0 Å². The van der Waals surface area contributed by atoms with Crippen molar-refractivity contribution in [3.05, 3.63) is 70.5 Å². The highest BCUT2D eigenvalue weighted by molar-refractivity contribution is 5.97. The number of para-hydroxylation sites is 1. The van der Waals surface area contributed by atoms with E-state index in [1.165, 1.54) is 17.8 Å². The first-order valence-corrected chi connectivity index (χ1v) is 9.14. The Morgan fingerprint density at radius 3 is 2.37 bits per heavy atom. The number of carbonyl (C=O) groups is 2. The van der Waals surface area contributed by atoms with Crippen molar-refractivity contribution < 1.29 is 23.1 Å². The van der Waals surface area contributed by atoms with Crippen LogP contribution in [0, 0.1) is 32.4 Å². The van der Waals surface area contributed by atoms with E-state index in [1.54, 1.807) is 6.92 Å². The number of nitrogens with zero attached hydrogens (tertiary/aromatic N) is 3. The fourth-order valence-electron chi connectivity index (χ4n) is 2.82. The van der Waals surface area contributed by atoms with Gasteiger partial charge in [0.1, 0.15) is 17.3 Å². The van der Waals surface area contributed by atoms with Gasteiger partial charge in [-0.05, 0) is 51.5 Å². The molecule has 1 aromatic heterocycles. The molecule has 3 rings (SSSR count). The lowest BCUT2D eigenvalue weighted by Crippen LogP contribution is -2.31. The lowest BCUT2D eigenvalue weighted by atomic mass is 10.1. The molecule has 1 atom stereocenters. The average Bonchev–Trinajstić information content (AvgIpc) is 3.06. The summed E-state index contributed by atoms with van der Waals surface area (Å²) in [6, 6.07) is 8.87. The number of amides is 1. The smallest absolute Gasteiger partial charge is 0.361 e. The summed E-state index contributed by atoms with van der Waals surface area (Å²) in [6.45, 7) is 6.73. The van der Waals surface area contributed by atoms with E-state index in [-0.39, 0.29) is 5.69 Å². The molecule has 30 heavy (non-hydrogen) atoms. The van der Waals surface area contributed by atoms with Crippen molar-refractivity contribution in [2.75, 3.05) is 5.32 Å². The van der Waals surface area contributed by atoms with Crippen molar-refractivity contribution >= 4 is 17.6 Å².